The fourth-order valence-electron chi connectivity index (χ4n) is 2.26. The molecule has 1 rings (SSSR count). The van der Waals surface area contributed by atoms with Crippen LogP contribution in [0.5, 0.6) is 5.75 Å². The second kappa shape index (κ2) is 10.4. The van der Waals surface area contributed by atoms with Gasteiger partial charge in [-0.25, -0.2) is 0 Å². The molecule has 1 aromatic carbocycles. The van der Waals surface area contributed by atoms with Gasteiger partial charge in [-0.15, -0.1) is 0 Å². The van der Waals surface area contributed by atoms with Gasteiger partial charge in [0, 0.05) is 19.1 Å². The predicted molar refractivity (Wildman–Crippen MR) is 105 cm³/mol. The number of rotatable bonds is 9. The third-order valence-corrected chi connectivity index (χ3v) is 4.23. The Labute approximate surface area is 156 Å². The number of carbonyl (C=O) groups excluding carboxylic acids is 1. The van der Waals surface area contributed by atoms with Gasteiger partial charge in [0.15, 0.2) is 5.11 Å². The topological polar surface area (TPSA) is 59.6 Å². The molecule has 1 aromatic rings. The van der Waals surface area contributed by atoms with Crippen LogP contribution in [-0.2, 0) is 9.53 Å². The summed E-state index contributed by atoms with van der Waals surface area (Å²) in [6, 6.07) is 6.16. The average molecular weight is 367 g/mol. The molecule has 0 saturated heterocycles. The highest BCUT2D eigenvalue weighted by Crippen LogP contribution is 2.24. The van der Waals surface area contributed by atoms with Gasteiger partial charge in [-0.2, -0.15) is 0 Å². The van der Waals surface area contributed by atoms with E-state index in [1.54, 1.807) is 7.11 Å². The monoisotopic (exact) mass is 366 g/mol. The maximum absolute atomic E-state index is 12.4. The number of thiocarbonyl (C=S) groups is 1. The third-order valence-electron chi connectivity index (χ3n) is 3.98. The molecule has 0 saturated carbocycles. The van der Waals surface area contributed by atoms with Crippen LogP contribution in [-0.4, -0.2) is 37.9 Å². The molecule has 25 heavy (non-hydrogen) atoms. The first-order valence-electron chi connectivity index (χ1n) is 8.54. The normalized spacial score (nSPS) is 11.1. The van der Waals surface area contributed by atoms with Crippen LogP contribution in [0.4, 0.5) is 0 Å². The van der Waals surface area contributed by atoms with Crippen LogP contribution in [0.3, 0.4) is 0 Å². The van der Waals surface area contributed by atoms with E-state index in [0.717, 1.165) is 17.7 Å². The Balaban J connectivity index is 2.37. The molecule has 0 bridgehead atoms. The molecule has 2 N–H and O–H groups in total. The van der Waals surface area contributed by atoms with Crippen LogP contribution < -0.4 is 15.4 Å². The maximum atomic E-state index is 12.4. The lowest BCUT2D eigenvalue weighted by Gasteiger charge is -2.24. The molecule has 5 nitrogen and oxygen atoms in total. The van der Waals surface area contributed by atoms with E-state index >= 15 is 0 Å². The van der Waals surface area contributed by atoms with Crippen molar-refractivity contribution < 1.29 is 14.3 Å². The number of carbonyl (C=O) groups is 1. The Kier molecular flexibility index (Phi) is 8.86. The molecular formula is C19H30N2O3S. The van der Waals surface area contributed by atoms with E-state index in [4.69, 9.17) is 21.7 Å². The van der Waals surface area contributed by atoms with Gasteiger partial charge in [0.25, 0.3) is 0 Å². The van der Waals surface area contributed by atoms with Crippen molar-refractivity contribution in [3.8, 4) is 5.75 Å². The van der Waals surface area contributed by atoms with Crippen LogP contribution in [0.1, 0.15) is 37.8 Å². The molecular weight excluding hydrogens is 336 g/mol. The Morgan fingerprint density at radius 3 is 2.64 bits per heavy atom. The first-order valence-corrected chi connectivity index (χ1v) is 8.95. The molecule has 0 aromatic heterocycles. The number of nitrogens with one attached hydrogen (secondary N) is 2. The largest absolute Gasteiger partial charge is 0.493 e. The summed E-state index contributed by atoms with van der Waals surface area (Å²) in [5.74, 6) is 0.819. The van der Waals surface area contributed by atoms with Crippen LogP contribution in [0.15, 0.2) is 18.2 Å². The molecule has 0 unspecified atom stereocenters. The molecule has 140 valence electrons. The highest BCUT2D eigenvalue weighted by molar-refractivity contribution is 7.80. The predicted octanol–water partition coefficient (Wildman–Crippen LogP) is 3.13. The average Bonchev–Trinajstić information content (AvgIpc) is 2.54. The summed E-state index contributed by atoms with van der Waals surface area (Å²) in [6.07, 6.45) is 1.50. The Hall–Kier alpha value is -1.66. The first kappa shape index (κ1) is 21.4. The van der Waals surface area contributed by atoms with Crippen molar-refractivity contribution in [2.24, 2.45) is 5.41 Å². The van der Waals surface area contributed by atoms with Crippen LogP contribution >= 0.6 is 12.2 Å². The lowest BCUT2D eigenvalue weighted by Crippen LogP contribution is -2.46. The van der Waals surface area contributed by atoms with Crippen molar-refractivity contribution in [3.05, 3.63) is 29.3 Å². The minimum atomic E-state index is -0.516. The standard InChI is InChI=1S/C19H30N2O3S/c1-14-7-8-15(2)16(13-14)24-11-6-9-19(3,4)17(22)21-18(25)20-10-12-23-5/h7-8,13H,6,9-12H2,1-5H3,(H2,20,21,22,25). The fourth-order valence-corrected chi connectivity index (χ4v) is 2.45. The molecule has 6 heteroatoms. The SMILES string of the molecule is COCCNC(=S)NC(=O)C(C)(C)CCCOc1cc(C)ccc1C. The summed E-state index contributed by atoms with van der Waals surface area (Å²) < 4.78 is 10.8. The van der Waals surface area contributed by atoms with Gasteiger partial charge in [-0.1, -0.05) is 26.0 Å². The molecule has 0 fully saturated rings. The summed E-state index contributed by atoms with van der Waals surface area (Å²) in [5, 5.41) is 6.01. The van der Waals surface area contributed by atoms with E-state index in [0.29, 0.717) is 31.3 Å². The second-order valence-electron chi connectivity index (χ2n) is 6.81. The molecule has 0 heterocycles. The van der Waals surface area contributed by atoms with E-state index < -0.39 is 5.41 Å². The van der Waals surface area contributed by atoms with Crippen molar-refractivity contribution in [2.75, 3.05) is 26.9 Å². The summed E-state index contributed by atoms with van der Waals surface area (Å²) in [7, 11) is 1.62. The summed E-state index contributed by atoms with van der Waals surface area (Å²) in [4.78, 5) is 12.4. The van der Waals surface area contributed by atoms with Crippen molar-refractivity contribution in [3.63, 3.8) is 0 Å². The Morgan fingerprint density at radius 2 is 1.96 bits per heavy atom. The van der Waals surface area contributed by atoms with Gasteiger partial charge in [0.05, 0.1) is 13.2 Å². The molecule has 0 aliphatic carbocycles. The fraction of sp³-hybridized carbons (Fsp3) is 0.579. The van der Waals surface area contributed by atoms with Crippen LogP contribution in [0, 0.1) is 19.3 Å². The van der Waals surface area contributed by atoms with Gasteiger partial charge >= 0.3 is 0 Å². The van der Waals surface area contributed by atoms with E-state index in [9.17, 15) is 4.79 Å². The number of hydrogen-bond donors (Lipinski definition) is 2. The lowest BCUT2D eigenvalue weighted by atomic mass is 9.87. The zero-order chi connectivity index (χ0) is 18.9. The number of benzene rings is 1. The van der Waals surface area contributed by atoms with Gasteiger partial charge in [0.2, 0.25) is 5.91 Å². The maximum Gasteiger partial charge on any atom is 0.231 e. The number of hydrogen-bond acceptors (Lipinski definition) is 4. The van der Waals surface area contributed by atoms with Gasteiger partial charge in [0.1, 0.15) is 5.75 Å². The first-order chi connectivity index (χ1) is 11.8. The lowest BCUT2D eigenvalue weighted by molar-refractivity contribution is -0.128. The zero-order valence-corrected chi connectivity index (χ0v) is 16.7. The summed E-state index contributed by atoms with van der Waals surface area (Å²) in [5.41, 5.74) is 1.78. The summed E-state index contributed by atoms with van der Waals surface area (Å²) >= 11 is 5.11. The van der Waals surface area contributed by atoms with Crippen molar-refractivity contribution in [1.29, 1.82) is 0 Å². The summed E-state index contributed by atoms with van der Waals surface area (Å²) in [6.45, 7) is 9.59. The number of aryl methyl sites for hydroxylation is 2. The molecule has 0 aliphatic rings. The van der Waals surface area contributed by atoms with Gasteiger partial charge in [-0.05, 0) is 56.1 Å². The van der Waals surface area contributed by atoms with Crippen molar-refractivity contribution in [2.45, 2.75) is 40.5 Å². The van der Waals surface area contributed by atoms with Gasteiger partial charge in [-0.3, -0.25) is 4.79 Å². The minimum absolute atomic E-state index is 0.0887. The van der Waals surface area contributed by atoms with E-state index in [1.807, 2.05) is 33.8 Å². The minimum Gasteiger partial charge on any atom is -0.493 e. The molecule has 0 atom stereocenters. The number of methoxy groups -OCH3 is 1. The molecule has 0 aliphatic heterocycles. The number of ether oxygens (including phenoxy) is 2. The molecule has 0 radical (unpaired) electrons. The quantitative estimate of drug-likeness (QED) is 0.519. The van der Waals surface area contributed by atoms with E-state index in [-0.39, 0.29) is 5.91 Å². The Morgan fingerprint density at radius 1 is 1.24 bits per heavy atom. The van der Waals surface area contributed by atoms with Crippen LogP contribution in [0.25, 0.3) is 0 Å². The van der Waals surface area contributed by atoms with Crippen molar-refractivity contribution in [1.82, 2.24) is 10.6 Å². The van der Waals surface area contributed by atoms with Gasteiger partial charge < -0.3 is 20.1 Å². The third kappa shape index (κ3) is 7.84. The second-order valence-corrected chi connectivity index (χ2v) is 7.22. The zero-order valence-electron chi connectivity index (χ0n) is 15.9. The highest BCUT2D eigenvalue weighted by Gasteiger charge is 2.27. The van der Waals surface area contributed by atoms with Crippen molar-refractivity contribution >= 4 is 23.2 Å². The molecule has 1 amide bonds. The van der Waals surface area contributed by atoms with Crippen LogP contribution in [0.2, 0.25) is 0 Å². The Bertz CT molecular complexity index is 588. The highest BCUT2D eigenvalue weighted by atomic mass is 32.1. The van der Waals surface area contributed by atoms with E-state index in [1.165, 1.54) is 5.56 Å². The van der Waals surface area contributed by atoms with E-state index in [2.05, 4.69) is 22.8 Å². The number of amides is 1. The molecule has 0 spiro atoms. The smallest absolute Gasteiger partial charge is 0.231 e.